The quantitative estimate of drug-likeness (QED) is 0.709. The zero-order valence-electron chi connectivity index (χ0n) is 17.8. The third-order valence-corrected chi connectivity index (χ3v) is 6.64. The topological polar surface area (TPSA) is 87.1 Å². The maximum atomic E-state index is 12.9. The molecule has 0 aromatic heterocycles. The Balaban J connectivity index is 1.41. The summed E-state index contributed by atoms with van der Waals surface area (Å²) in [6, 6.07) is 11.2. The number of likely N-dealkylation sites (tertiary alicyclic amines) is 1. The minimum atomic E-state index is -4.45. The highest BCUT2D eigenvalue weighted by Crippen LogP contribution is 2.37. The first-order valence-corrected chi connectivity index (χ1v) is 10.6. The summed E-state index contributed by atoms with van der Waals surface area (Å²) in [5, 5.41) is 20.2. The van der Waals surface area contributed by atoms with Crippen molar-refractivity contribution in [2.75, 3.05) is 26.3 Å². The molecule has 1 amide bonds. The SMILES string of the molecule is O=C(c1ccc(C2(O)COC2)cc1)N1CCC(Cc2ccc(C(F)(F)F)cc2)(C(=O)O)CC1. The number of alkyl halides is 3. The number of ether oxygens (including phenoxy) is 1. The molecule has 2 aliphatic rings. The zero-order chi connectivity index (χ0) is 23.9. The van der Waals surface area contributed by atoms with Crippen molar-refractivity contribution in [3.63, 3.8) is 0 Å². The van der Waals surface area contributed by atoms with Crippen molar-refractivity contribution >= 4 is 11.9 Å². The van der Waals surface area contributed by atoms with Gasteiger partial charge in [-0.3, -0.25) is 9.59 Å². The van der Waals surface area contributed by atoms with E-state index in [1.807, 2.05) is 0 Å². The second kappa shape index (κ2) is 8.46. The third kappa shape index (κ3) is 4.60. The summed E-state index contributed by atoms with van der Waals surface area (Å²) in [5.41, 5.74) is -1.32. The van der Waals surface area contributed by atoms with Gasteiger partial charge < -0.3 is 19.8 Å². The van der Waals surface area contributed by atoms with Crippen molar-refractivity contribution in [3.8, 4) is 0 Å². The number of rotatable bonds is 5. The number of halogens is 3. The van der Waals surface area contributed by atoms with E-state index in [-0.39, 0.29) is 51.5 Å². The summed E-state index contributed by atoms with van der Waals surface area (Å²) in [7, 11) is 0. The predicted molar refractivity (Wildman–Crippen MR) is 112 cm³/mol. The van der Waals surface area contributed by atoms with Crippen LogP contribution in [0.25, 0.3) is 0 Å². The number of carboxylic acids is 1. The van der Waals surface area contributed by atoms with E-state index >= 15 is 0 Å². The molecule has 4 rings (SSSR count). The van der Waals surface area contributed by atoms with E-state index in [0.29, 0.717) is 16.7 Å². The van der Waals surface area contributed by atoms with Gasteiger partial charge in [-0.2, -0.15) is 13.2 Å². The number of benzene rings is 2. The van der Waals surface area contributed by atoms with Crippen LogP contribution in [0.4, 0.5) is 13.2 Å². The van der Waals surface area contributed by atoms with Crippen LogP contribution in [0.2, 0.25) is 0 Å². The standard InChI is InChI=1S/C24H24F3NO5/c25-24(26,27)19-5-1-16(2-6-19)13-22(21(30)31)9-11-28(12-10-22)20(29)17-3-7-18(8-4-17)23(32)14-33-15-23/h1-8,32H,9-15H2,(H,30,31). The van der Waals surface area contributed by atoms with Crippen LogP contribution in [0, 0.1) is 5.41 Å². The summed E-state index contributed by atoms with van der Waals surface area (Å²) < 4.78 is 43.4. The Hall–Kier alpha value is -2.91. The summed E-state index contributed by atoms with van der Waals surface area (Å²) in [4.78, 5) is 26.6. The maximum absolute atomic E-state index is 12.9. The molecule has 0 aliphatic carbocycles. The van der Waals surface area contributed by atoms with Crippen LogP contribution in [0.1, 0.15) is 39.9 Å². The van der Waals surface area contributed by atoms with E-state index in [1.165, 1.54) is 12.1 Å². The lowest BCUT2D eigenvalue weighted by Crippen LogP contribution is -2.47. The van der Waals surface area contributed by atoms with Gasteiger partial charge in [-0.15, -0.1) is 0 Å². The Morgan fingerprint density at radius 2 is 1.55 bits per heavy atom. The molecule has 2 aromatic rings. The number of carbonyl (C=O) groups excluding carboxylic acids is 1. The Morgan fingerprint density at radius 3 is 2.00 bits per heavy atom. The van der Waals surface area contributed by atoms with Gasteiger partial charge in [-0.05, 0) is 54.7 Å². The summed E-state index contributed by atoms with van der Waals surface area (Å²) in [5.74, 6) is -1.25. The van der Waals surface area contributed by atoms with Gasteiger partial charge in [0.05, 0.1) is 24.2 Å². The van der Waals surface area contributed by atoms with Gasteiger partial charge in [-0.25, -0.2) is 0 Å². The van der Waals surface area contributed by atoms with Gasteiger partial charge in [0.2, 0.25) is 0 Å². The number of hydrogen-bond donors (Lipinski definition) is 2. The number of aliphatic hydroxyl groups is 1. The van der Waals surface area contributed by atoms with Gasteiger partial charge >= 0.3 is 12.1 Å². The normalized spacial score (nSPS) is 19.6. The molecule has 0 atom stereocenters. The molecule has 0 unspecified atom stereocenters. The lowest BCUT2D eigenvalue weighted by molar-refractivity contribution is -0.184. The average Bonchev–Trinajstić information content (AvgIpc) is 2.77. The largest absolute Gasteiger partial charge is 0.481 e. The highest BCUT2D eigenvalue weighted by molar-refractivity contribution is 5.94. The van der Waals surface area contributed by atoms with E-state index < -0.39 is 28.7 Å². The number of carbonyl (C=O) groups is 2. The molecule has 2 fully saturated rings. The van der Waals surface area contributed by atoms with Crippen molar-refractivity contribution in [2.24, 2.45) is 5.41 Å². The fraction of sp³-hybridized carbons (Fsp3) is 0.417. The van der Waals surface area contributed by atoms with Gasteiger partial charge in [0, 0.05) is 18.7 Å². The molecule has 2 aromatic carbocycles. The lowest BCUT2D eigenvalue weighted by atomic mass is 9.73. The predicted octanol–water partition coefficient (Wildman–Crippen LogP) is 3.47. The number of piperidine rings is 1. The monoisotopic (exact) mass is 463 g/mol. The number of aliphatic carboxylic acids is 1. The first-order chi connectivity index (χ1) is 15.5. The first-order valence-electron chi connectivity index (χ1n) is 10.6. The van der Waals surface area contributed by atoms with Crippen LogP contribution in [0.3, 0.4) is 0 Å². The van der Waals surface area contributed by atoms with Crippen LogP contribution < -0.4 is 0 Å². The van der Waals surface area contributed by atoms with Crippen molar-refractivity contribution in [2.45, 2.75) is 31.0 Å². The zero-order valence-corrected chi connectivity index (χ0v) is 17.8. The molecule has 0 saturated carbocycles. The van der Waals surface area contributed by atoms with E-state index in [1.54, 1.807) is 29.2 Å². The molecule has 33 heavy (non-hydrogen) atoms. The first kappa shape index (κ1) is 23.3. The van der Waals surface area contributed by atoms with Crippen molar-refractivity contribution in [1.29, 1.82) is 0 Å². The molecule has 0 spiro atoms. The molecule has 0 bridgehead atoms. The fourth-order valence-electron chi connectivity index (χ4n) is 4.37. The number of carboxylic acid groups (broad SMARTS) is 1. The molecule has 9 heteroatoms. The van der Waals surface area contributed by atoms with Crippen LogP contribution in [0.15, 0.2) is 48.5 Å². The van der Waals surface area contributed by atoms with Crippen molar-refractivity contribution in [1.82, 2.24) is 4.90 Å². The van der Waals surface area contributed by atoms with Gasteiger partial charge in [0.1, 0.15) is 5.60 Å². The molecule has 2 saturated heterocycles. The summed E-state index contributed by atoms with van der Waals surface area (Å²) >= 11 is 0. The molecule has 2 aliphatic heterocycles. The molecule has 6 nitrogen and oxygen atoms in total. The minimum absolute atomic E-state index is 0.0951. The molecule has 2 N–H and O–H groups in total. The summed E-state index contributed by atoms with van der Waals surface area (Å²) in [6.45, 7) is 0.877. The van der Waals surface area contributed by atoms with Crippen molar-refractivity contribution < 1.29 is 37.7 Å². The second-order valence-corrected chi connectivity index (χ2v) is 8.85. The lowest BCUT2D eigenvalue weighted by Gasteiger charge is -2.39. The van der Waals surface area contributed by atoms with Crippen molar-refractivity contribution in [3.05, 3.63) is 70.8 Å². The number of nitrogens with zero attached hydrogens (tertiary/aromatic N) is 1. The Labute approximate surface area is 188 Å². The van der Waals surface area contributed by atoms with Gasteiger partial charge in [-0.1, -0.05) is 24.3 Å². The van der Waals surface area contributed by atoms with E-state index in [2.05, 4.69) is 0 Å². The average molecular weight is 463 g/mol. The third-order valence-electron chi connectivity index (χ3n) is 6.64. The Kier molecular flexibility index (Phi) is 5.96. The molecule has 0 radical (unpaired) electrons. The van der Waals surface area contributed by atoms with E-state index in [4.69, 9.17) is 4.74 Å². The minimum Gasteiger partial charge on any atom is -0.481 e. The number of hydrogen-bond acceptors (Lipinski definition) is 4. The fourth-order valence-corrected chi connectivity index (χ4v) is 4.37. The van der Waals surface area contributed by atoms with Crippen LogP contribution in [-0.4, -0.2) is 53.3 Å². The smallest absolute Gasteiger partial charge is 0.416 e. The van der Waals surface area contributed by atoms with Crippen LogP contribution in [-0.2, 0) is 27.7 Å². The summed E-state index contributed by atoms with van der Waals surface area (Å²) in [6.07, 6.45) is -3.96. The molecular weight excluding hydrogens is 439 g/mol. The molecule has 176 valence electrons. The van der Waals surface area contributed by atoms with Gasteiger partial charge in [0.25, 0.3) is 5.91 Å². The highest BCUT2D eigenvalue weighted by Gasteiger charge is 2.43. The van der Waals surface area contributed by atoms with Crippen LogP contribution in [0.5, 0.6) is 0 Å². The van der Waals surface area contributed by atoms with E-state index in [9.17, 15) is 33.0 Å². The Morgan fingerprint density at radius 1 is 0.970 bits per heavy atom. The van der Waals surface area contributed by atoms with E-state index in [0.717, 1.165) is 12.1 Å². The second-order valence-electron chi connectivity index (χ2n) is 8.85. The highest BCUT2D eigenvalue weighted by atomic mass is 19.4. The Bertz CT molecular complexity index is 1020. The molecule has 2 heterocycles. The number of amides is 1. The maximum Gasteiger partial charge on any atom is 0.416 e. The van der Waals surface area contributed by atoms with Gasteiger partial charge in [0.15, 0.2) is 0 Å². The molecular formula is C24H24F3NO5. The van der Waals surface area contributed by atoms with Crippen LogP contribution >= 0.6 is 0 Å².